The van der Waals surface area contributed by atoms with E-state index < -0.39 is 0 Å². The van der Waals surface area contributed by atoms with Crippen molar-refractivity contribution < 1.29 is 4.42 Å². The van der Waals surface area contributed by atoms with Crippen molar-refractivity contribution in [1.29, 1.82) is 0 Å². The van der Waals surface area contributed by atoms with Crippen LogP contribution in [0, 0.1) is 6.92 Å². The molecule has 0 unspecified atom stereocenters. The number of rotatable bonds is 2. The van der Waals surface area contributed by atoms with Crippen LogP contribution in [-0.4, -0.2) is 9.38 Å². The van der Waals surface area contributed by atoms with Crippen LogP contribution in [0.2, 0.25) is 0 Å². The van der Waals surface area contributed by atoms with Gasteiger partial charge in [-0.2, -0.15) is 4.98 Å². The van der Waals surface area contributed by atoms with Gasteiger partial charge in [-0.15, -0.1) is 0 Å². The van der Waals surface area contributed by atoms with Crippen LogP contribution in [0.1, 0.15) is 18.4 Å². The largest absolute Gasteiger partial charge is 0.425 e. The van der Waals surface area contributed by atoms with Crippen molar-refractivity contribution in [2.75, 3.05) is 5.32 Å². The number of aromatic nitrogens is 2. The first kappa shape index (κ1) is 15.0. The van der Waals surface area contributed by atoms with Crippen molar-refractivity contribution >= 4 is 40.4 Å². The number of nitrogens with one attached hydrogen (secondary N) is 1. The van der Waals surface area contributed by atoms with Gasteiger partial charge >= 0.3 is 5.84 Å². The minimum Gasteiger partial charge on any atom is -0.425 e. The Morgan fingerprint density at radius 3 is 2.85 bits per heavy atom. The number of nitrogens with zero attached hydrogens (tertiary/aromatic N) is 2. The average Bonchev–Trinajstić information content (AvgIpc) is 3.02. The van der Waals surface area contributed by atoms with Crippen molar-refractivity contribution in [2.45, 2.75) is 19.8 Å². The van der Waals surface area contributed by atoms with Gasteiger partial charge in [0.25, 0.3) is 5.56 Å². The third kappa shape index (κ3) is 2.24. The second kappa shape index (κ2) is 5.59. The van der Waals surface area contributed by atoms with Gasteiger partial charge < -0.3 is 9.73 Å². The Kier molecular flexibility index (Phi) is 3.22. The number of para-hydroxylation sites is 1. The first-order chi connectivity index (χ1) is 12.7. The van der Waals surface area contributed by atoms with E-state index >= 15 is 0 Å². The second-order valence-electron chi connectivity index (χ2n) is 6.54. The zero-order valence-corrected chi connectivity index (χ0v) is 14.3. The average molecular weight is 343 g/mol. The maximum Gasteiger partial charge on any atom is 0.310 e. The Labute approximate surface area is 148 Å². The van der Waals surface area contributed by atoms with Crippen molar-refractivity contribution in [3.8, 4) is 0 Å². The Bertz CT molecular complexity index is 1350. The van der Waals surface area contributed by atoms with E-state index in [4.69, 9.17) is 4.42 Å². The number of fused-ring (bicyclic) bond motifs is 4. The van der Waals surface area contributed by atoms with Crippen LogP contribution in [0.3, 0.4) is 0 Å². The van der Waals surface area contributed by atoms with E-state index in [1.54, 1.807) is 4.40 Å². The number of hydrogen-bond acceptors (Lipinski definition) is 4. The molecule has 2 heterocycles. The predicted molar refractivity (Wildman–Crippen MR) is 103 cm³/mol. The number of imidazole rings is 1. The lowest BCUT2D eigenvalue weighted by Crippen LogP contribution is -2.43. The third-order valence-corrected chi connectivity index (χ3v) is 4.79. The SMILES string of the molecule is Cc1ccccc1Nc1ccc2nc3oc4c(c(=O)n3c2c1)=CCCC=4. The molecule has 1 N–H and O–H groups in total. The van der Waals surface area contributed by atoms with E-state index in [0.29, 0.717) is 16.5 Å². The molecule has 4 aromatic rings. The first-order valence-corrected chi connectivity index (χ1v) is 8.69. The van der Waals surface area contributed by atoms with E-state index in [-0.39, 0.29) is 5.56 Å². The van der Waals surface area contributed by atoms with Gasteiger partial charge in [0.15, 0.2) is 0 Å². The van der Waals surface area contributed by atoms with E-state index in [1.807, 2.05) is 48.6 Å². The van der Waals surface area contributed by atoms with Crippen LogP contribution in [0.5, 0.6) is 0 Å². The summed E-state index contributed by atoms with van der Waals surface area (Å²) in [5.74, 6) is 0.336. The molecule has 0 saturated carbocycles. The topological polar surface area (TPSA) is 59.5 Å². The molecule has 0 radical (unpaired) electrons. The molecule has 128 valence electrons. The summed E-state index contributed by atoms with van der Waals surface area (Å²) in [7, 11) is 0. The van der Waals surface area contributed by atoms with Gasteiger partial charge in [0.2, 0.25) is 0 Å². The molecule has 0 spiro atoms. The minimum absolute atomic E-state index is 0.0762. The Balaban J connectivity index is 1.75. The monoisotopic (exact) mass is 343 g/mol. The molecule has 0 aliphatic heterocycles. The maximum absolute atomic E-state index is 13.0. The molecule has 5 rings (SSSR count). The highest BCUT2D eigenvalue weighted by atomic mass is 16.3. The van der Waals surface area contributed by atoms with Gasteiger partial charge in [0.05, 0.1) is 16.3 Å². The Morgan fingerprint density at radius 2 is 1.96 bits per heavy atom. The zero-order valence-electron chi connectivity index (χ0n) is 14.3. The van der Waals surface area contributed by atoms with Crippen LogP contribution < -0.4 is 21.5 Å². The molecule has 2 aromatic heterocycles. The molecule has 0 saturated heterocycles. The van der Waals surface area contributed by atoms with E-state index in [2.05, 4.69) is 23.3 Å². The highest BCUT2D eigenvalue weighted by Crippen LogP contribution is 2.24. The molecule has 1 aliphatic rings. The fourth-order valence-electron chi connectivity index (χ4n) is 3.43. The number of benzene rings is 2. The normalized spacial score (nSPS) is 13.3. The summed E-state index contributed by atoms with van der Waals surface area (Å²) >= 11 is 0. The maximum atomic E-state index is 13.0. The van der Waals surface area contributed by atoms with Crippen LogP contribution >= 0.6 is 0 Å². The first-order valence-electron chi connectivity index (χ1n) is 8.69. The molecular weight excluding hydrogens is 326 g/mol. The number of hydrogen-bond donors (Lipinski definition) is 1. The Hall–Kier alpha value is -3.34. The van der Waals surface area contributed by atoms with Crippen LogP contribution in [0.15, 0.2) is 51.7 Å². The lowest BCUT2D eigenvalue weighted by molar-refractivity contribution is 0.518. The lowest BCUT2D eigenvalue weighted by Gasteiger charge is -2.09. The van der Waals surface area contributed by atoms with E-state index in [9.17, 15) is 4.79 Å². The van der Waals surface area contributed by atoms with Crippen LogP contribution in [0.25, 0.3) is 29.0 Å². The minimum atomic E-state index is -0.0762. The summed E-state index contributed by atoms with van der Waals surface area (Å²) < 4.78 is 7.43. The molecule has 0 fully saturated rings. The van der Waals surface area contributed by atoms with Gasteiger partial charge in [-0.1, -0.05) is 24.3 Å². The van der Waals surface area contributed by atoms with E-state index in [0.717, 1.165) is 40.8 Å². The van der Waals surface area contributed by atoms with Crippen LogP contribution in [0.4, 0.5) is 11.4 Å². The van der Waals surface area contributed by atoms with Crippen molar-refractivity contribution in [3.63, 3.8) is 0 Å². The molecule has 2 aromatic carbocycles. The van der Waals surface area contributed by atoms with Crippen molar-refractivity contribution in [2.24, 2.45) is 0 Å². The molecular formula is C21H17N3O2. The second-order valence-corrected chi connectivity index (χ2v) is 6.54. The molecule has 5 heteroatoms. The van der Waals surface area contributed by atoms with Gasteiger partial charge in [-0.05, 0) is 55.7 Å². The van der Waals surface area contributed by atoms with Crippen molar-refractivity contribution in [1.82, 2.24) is 9.38 Å². The van der Waals surface area contributed by atoms with Gasteiger partial charge in [-0.3, -0.25) is 4.79 Å². The molecule has 0 amide bonds. The summed E-state index contributed by atoms with van der Waals surface area (Å²) in [6.07, 6.45) is 5.65. The van der Waals surface area contributed by atoms with Gasteiger partial charge in [-0.25, -0.2) is 4.40 Å². The van der Waals surface area contributed by atoms with E-state index in [1.165, 1.54) is 0 Å². The number of anilines is 2. The summed E-state index contributed by atoms with van der Waals surface area (Å²) in [6, 6.07) is 13.9. The standard InChI is InChI=1S/C21H17N3O2/c1-13-6-2-4-8-16(13)22-14-10-11-17-18(12-14)24-20(25)15-7-3-5-9-19(15)26-21(24)23-17/h2,4,6-12,22H,3,5H2,1H3. The van der Waals surface area contributed by atoms with Gasteiger partial charge in [0.1, 0.15) is 5.42 Å². The van der Waals surface area contributed by atoms with Crippen molar-refractivity contribution in [3.05, 3.63) is 69.0 Å². The fraction of sp³-hybridized carbons (Fsp3) is 0.143. The fourth-order valence-corrected chi connectivity index (χ4v) is 3.43. The zero-order chi connectivity index (χ0) is 17.7. The van der Waals surface area contributed by atoms with Crippen LogP contribution in [-0.2, 0) is 0 Å². The molecule has 0 atom stereocenters. The quantitative estimate of drug-likeness (QED) is 0.608. The Morgan fingerprint density at radius 1 is 1.12 bits per heavy atom. The summed E-state index contributed by atoms with van der Waals surface area (Å²) in [5.41, 5.74) is 5.13. The summed E-state index contributed by atoms with van der Waals surface area (Å²) in [6.45, 7) is 2.06. The molecule has 26 heavy (non-hydrogen) atoms. The lowest BCUT2D eigenvalue weighted by atomic mass is 10.2. The summed E-state index contributed by atoms with van der Waals surface area (Å²) in [4.78, 5) is 17.4. The third-order valence-electron chi connectivity index (χ3n) is 4.79. The van der Waals surface area contributed by atoms with Gasteiger partial charge in [0, 0.05) is 11.4 Å². The highest BCUT2D eigenvalue weighted by molar-refractivity contribution is 5.83. The predicted octanol–water partition coefficient (Wildman–Crippen LogP) is 2.85. The highest BCUT2D eigenvalue weighted by Gasteiger charge is 2.13. The summed E-state index contributed by atoms with van der Waals surface area (Å²) in [5, 5.41) is 4.04. The smallest absolute Gasteiger partial charge is 0.310 e. The molecule has 5 nitrogen and oxygen atoms in total. The molecule has 1 aliphatic carbocycles. The number of aryl methyl sites for hydroxylation is 1. The molecule has 0 bridgehead atoms.